The van der Waals surface area contributed by atoms with Gasteiger partial charge in [-0.1, -0.05) is 0 Å². The van der Waals surface area contributed by atoms with Crippen LogP contribution < -0.4 is 5.73 Å². The average Bonchev–Trinajstić information content (AvgIpc) is 3.21. The molecule has 1 atom stereocenters. The van der Waals surface area contributed by atoms with E-state index in [2.05, 4.69) is 9.80 Å². The minimum atomic E-state index is -0.332. The van der Waals surface area contributed by atoms with Crippen molar-refractivity contribution < 1.29 is 5.11 Å². The van der Waals surface area contributed by atoms with E-state index in [9.17, 15) is 5.11 Å². The second kappa shape index (κ2) is 6.30. The number of rotatable bonds is 6. The van der Waals surface area contributed by atoms with Crippen LogP contribution in [-0.2, 0) is 0 Å². The summed E-state index contributed by atoms with van der Waals surface area (Å²) >= 11 is 0. The fourth-order valence-corrected chi connectivity index (χ4v) is 4.04. The molecule has 3 N–H and O–H groups in total. The van der Waals surface area contributed by atoms with E-state index in [0.29, 0.717) is 5.92 Å². The molecule has 0 radical (unpaired) electrons. The summed E-state index contributed by atoms with van der Waals surface area (Å²) in [4.78, 5) is 5.14. The lowest BCUT2D eigenvalue weighted by atomic mass is 9.91. The minimum absolute atomic E-state index is 0.144. The molecule has 2 saturated heterocycles. The number of nitrogens with zero attached hydrogens (tertiary/aromatic N) is 2. The summed E-state index contributed by atoms with van der Waals surface area (Å²) in [5, 5.41) is 9.61. The number of hydrogen-bond acceptors (Lipinski definition) is 4. The maximum absolute atomic E-state index is 9.61. The highest BCUT2D eigenvalue weighted by molar-refractivity contribution is 5.00. The summed E-state index contributed by atoms with van der Waals surface area (Å²) in [6.07, 6.45) is 7.83. The number of hydrogen-bond donors (Lipinski definition) is 2. The summed E-state index contributed by atoms with van der Waals surface area (Å²) in [5.74, 6) is 1.45. The van der Waals surface area contributed by atoms with E-state index in [4.69, 9.17) is 5.73 Å². The van der Waals surface area contributed by atoms with E-state index in [1.54, 1.807) is 0 Å². The van der Waals surface area contributed by atoms with Gasteiger partial charge in [0.25, 0.3) is 0 Å². The van der Waals surface area contributed by atoms with Crippen LogP contribution in [0.2, 0.25) is 0 Å². The first-order valence-electron chi connectivity index (χ1n) is 8.54. The molecule has 4 nitrogen and oxygen atoms in total. The quantitative estimate of drug-likeness (QED) is 0.759. The number of piperidine rings is 1. The molecule has 0 spiro atoms. The molecule has 4 heteroatoms. The zero-order chi connectivity index (χ0) is 14.0. The Bertz CT molecular complexity index is 307. The molecule has 116 valence electrons. The van der Waals surface area contributed by atoms with Gasteiger partial charge >= 0.3 is 0 Å². The molecular weight excluding hydrogens is 250 g/mol. The maximum Gasteiger partial charge on any atom is 0.0626 e. The van der Waals surface area contributed by atoms with Gasteiger partial charge < -0.3 is 20.6 Å². The van der Waals surface area contributed by atoms with Gasteiger partial charge in [0.2, 0.25) is 0 Å². The predicted octanol–water partition coefficient (Wildman–Crippen LogP) is 0.894. The second-order valence-electron chi connectivity index (χ2n) is 7.39. The first kappa shape index (κ1) is 14.8. The normalized spacial score (nSPS) is 29.7. The van der Waals surface area contributed by atoms with Crippen LogP contribution in [0, 0.1) is 11.8 Å². The summed E-state index contributed by atoms with van der Waals surface area (Å²) in [6, 6.07) is 0. The minimum Gasteiger partial charge on any atom is -0.394 e. The highest BCUT2D eigenvalue weighted by atomic mass is 16.3. The van der Waals surface area contributed by atoms with Crippen molar-refractivity contribution in [1.29, 1.82) is 0 Å². The molecule has 1 saturated carbocycles. The SMILES string of the molecule is NC(CO)(CN1CCC(CN2CCCC2)CC1)C1CC1. The first-order valence-corrected chi connectivity index (χ1v) is 8.54. The molecule has 3 fully saturated rings. The average molecular weight is 281 g/mol. The molecule has 0 aromatic carbocycles. The second-order valence-corrected chi connectivity index (χ2v) is 7.39. The van der Waals surface area contributed by atoms with Crippen molar-refractivity contribution in [3.63, 3.8) is 0 Å². The van der Waals surface area contributed by atoms with Crippen molar-refractivity contribution in [1.82, 2.24) is 9.80 Å². The zero-order valence-corrected chi connectivity index (χ0v) is 12.8. The summed E-state index contributed by atoms with van der Waals surface area (Å²) in [5.41, 5.74) is 6.07. The lowest BCUT2D eigenvalue weighted by Gasteiger charge is -2.39. The van der Waals surface area contributed by atoms with Gasteiger partial charge in [-0.2, -0.15) is 0 Å². The Morgan fingerprint density at radius 1 is 0.950 bits per heavy atom. The Morgan fingerprint density at radius 2 is 1.60 bits per heavy atom. The van der Waals surface area contributed by atoms with Crippen LogP contribution in [0.1, 0.15) is 38.5 Å². The van der Waals surface area contributed by atoms with E-state index < -0.39 is 0 Å². The number of nitrogens with two attached hydrogens (primary N) is 1. The molecule has 1 aliphatic carbocycles. The maximum atomic E-state index is 9.61. The lowest BCUT2D eigenvalue weighted by molar-refractivity contribution is 0.0898. The molecule has 1 unspecified atom stereocenters. The van der Waals surface area contributed by atoms with Gasteiger partial charge in [-0.25, -0.2) is 0 Å². The van der Waals surface area contributed by atoms with Gasteiger partial charge in [0, 0.05) is 13.1 Å². The van der Waals surface area contributed by atoms with Crippen LogP contribution >= 0.6 is 0 Å². The van der Waals surface area contributed by atoms with Crippen LogP contribution in [0.3, 0.4) is 0 Å². The van der Waals surface area contributed by atoms with Gasteiger partial charge in [-0.05, 0) is 76.5 Å². The fourth-order valence-electron chi connectivity index (χ4n) is 4.04. The molecule has 20 heavy (non-hydrogen) atoms. The van der Waals surface area contributed by atoms with Gasteiger partial charge in [-0.3, -0.25) is 0 Å². The van der Waals surface area contributed by atoms with Gasteiger partial charge in [-0.15, -0.1) is 0 Å². The Labute approximate surface area is 123 Å². The largest absolute Gasteiger partial charge is 0.394 e. The van der Waals surface area contributed by atoms with Crippen molar-refractivity contribution in [3.8, 4) is 0 Å². The molecule has 3 aliphatic rings. The molecule has 3 rings (SSSR count). The Balaban J connectivity index is 1.41. The topological polar surface area (TPSA) is 52.7 Å². The molecule has 0 amide bonds. The summed E-state index contributed by atoms with van der Waals surface area (Å²) in [6.45, 7) is 7.32. The standard InChI is InChI=1S/C16H31N3O/c17-16(13-20,15-3-4-15)12-19-9-5-14(6-10-19)11-18-7-1-2-8-18/h14-15,20H,1-13,17H2. The highest BCUT2D eigenvalue weighted by Gasteiger charge is 2.43. The molecule has 2 aliphatic heterocycles. The van der Waals surface area contributed by atoms with Crippen molar-refractivity contribution in [3.05, 3.63) is 0 Å². The summed E-state index contributed by atoms with van der Waals surface area (Å²) < 4.78 is 0. The monoisotopic (exact) mass is 281 g/mol. The lowest BCUT2D eigenvalue weighted by Crippen LogP contribution is -2.56. The van der Waals surface area contributed by atoms with Crippen molar-refractivity contribution >= 4 is 0 Å². The van der Waals surface area contributed by atoms with Crippen molar-refractivity contribution in [2.45, 2.75) is 44.1 Å². The smallest absolute Gasteiger partial charge is 0.0626 e. The van der Waals surface area contributed by atoms with E-state index in [1.807, 2.05) is 0 Å². The molecule has 0 bridgehead atoms. The van der Waals surface area contributed by atoms with Crippen molar-refractivity contribution in [2.75, 3.05) is 45.9 Å². The van der Waals surface area contributed by atoms with Crippen LogP contribution in [0.15, 0.2) is 0 Å². The number of likely N-dealkylation sites (tertiary alicyclic amines) is 2. The van der Waals surface area contributed by atoms with Gasteiger partial charge in [0.15, 0.2) is 0 Å². The van der Waals surface area contributed by atoms with E-state index in [1.165, 1.54) is 71.2 Å². The van der Waals surface area contributed by atoms with Crippen molar-refractivity contribution in [2.24, 2.45) is 17.6 Å². The van der Waals surface area contributed by atoms with Crippen LogP contribution in [0.4, 0.5) is 0 Å². The van der Waals surface area contributed by atoms with Gasteiger partial charge in [0.05, 0.1) is 12.1 Å². The van der Waals surface area contributed by atoms with E-state index >= 15 is 0 Å². The van der Waals surface area contributed by atoms with E-state index in [0.717, 1.165) is 12.5 Å². The Morgan fingerprint density at radius 3 is 2.15 bits per heavy atom. The third-order valence-electron chi connectivity index (χ3n) is 5.62. The highest BCUT2D eigenvalue weighted by Crippen LogP contribution is 2.38. The number of aliphatic hydroxyl groups excluding tert-OH is 1. The molecule has 0 aromatic heterocycles. The van der Waals surface area contributed by atoms with Crippen LogP contribution in [-0.4, -0.2) is 66.3 Å². The van der Waals surface area contributed by atoms with Gasteiger partial charge in [0.1, 0.15) is 0 Å². The third-order valence-corrected chi connectivity index (χ3v) is 5.62. The van der Waals surface area contributed by atoms with Crippen LogP contribution in [0.25, 0.3) is 0 Å². The summed E-state index contributed by atoms with van der Waals surface area (Å²) in [7, 11) is 0. The third kappa shape index (κ3) is 3.53. The van der Waals surface area contributed by atoms with Crippen LogP contribution in [0.5, 0.6) is 0 Å². The Kier molecular flexibility index (Phi) is 4.65. The molecule has 0 aromatic rings. The zero-order valence-electron chi connectivity index (χ0n) is 12.8. The molecule has 2 heterocycles. The van der Waals surface area contributed by atoms with E-state index in [-0.39, 0.29) is 12.1 Å². The Hall–Kier alpha value is -0.160. The number of aliphatic hydroxyl groups is 1. The predicted molar refractivity (Wildman–Crippen MR) is 81.6 cm³/mol. The fraction of sp³-hybridized carbons (Fsp3) is 1.00. The molecular formula is C16H31N3O. The first-order chi connectivity index (χ1) is 9.69.